The molecule has 2 fully saturated rings. The minimum absolute atomic E-state index is 0.0732. The van der Waals surface area contributed by atoms with Gasteiger partial charge in [-0.15, -0.1) is 0 Å². The van der Waals surface area contributed by atoms with Crippen LogP contribution in [0.25, 0.3) is 0 Å². The van der Waals surface area contributed by atoms with Crippen molar-refractivity contribution in [3.05, 3.63) is 65.0 Å². The lowest BCUT2D eigenvalue weighted by atomic mass is 10.1. The van der Waals surface area contributed by atoms with E-state index < -0.39 is 23.6 Å². The Morgan fingerprint density at radius 1 is 1.06 bits per heavy atom. The molecule has 0 amide bonds. The van der Waals surface area contributed by atoms with Gasteiger partial charge >= 0.3 is 5.97 Å². The highest BCUT2D eigenvalue weighted by Crippen LogP contribution is 2.45. The van der Waals surface area contributed by atoms with Crippen LogP contribution in [0, 0.1) is 29.3 Å². The van der Waals surface area contributed by atoms with E-state index in [4.69, 9.17) is 14.2 Å². The van der Waals surface area contributed by atoms with Gasteiger partial charge in [-0.05, 0) is 43.4 Å². The van der Waals surface area contributed by atoms with E-state index in [2.05, 4.69) is 5.32 Å². The molecule has 1 aliphatic heterocycles. The molecule has 0 spiro atoms. The number of carbonyl (C=O) groups excluding carboxylic acids is 1. The number of ether oxygens (including phenoxy) is 3. The maximum Gasteiger partial charge on any atom is 0.335 e. The molecule has 1 aliphatic carbocycles. The molecule has 1 heterocycles. The zero-order valence-electron chi connectivity index (χ0n) is 20.6. The molecule has 9 heteroatoms. The molecule has 6 nitrogen and oxygen atoms in total. The molecular weight excluding hydrogens is 473 g/mol. The number of piperidine rings is 1. The van der Waals surface area contributed by atoms with E-state index in [-0.39, 0.29) is 18.1 Å². The van der Waals surface area contributed by atoms with Crippen LogP contribution in [0.3, 0.4) is 0 Å². The van der Waals surface area contributed by atoms with Crippen molar-refractivity contribution in [2.45, 2.75) is 39.0 Å². The Morgan fingerprint density at radius 3 is 2.33 bits per heavy atom. The average molecular weight is 507 g/mol. The summed E-state index contributed by atoms with van der Waals surface area (Å²) in [6, 6.07) is 9.43. The molecule has 1 saturated heterocycles. The molecule has 2 aromatic carbocycles. The van der Waals surface area contributed by atoms with E-state index in [1.165, 1.54) is 0 Å². The molecular formula is C27H33F3N2O4. The maximum absolute atomic E-state index is 13.9. The van der Waals surface area contributed by atoms with Gasteiger partial charge in [0, 0.05) is 62.9 Å². The highest BCUT2D eigenvalue weighted by atomic mass is 19.1. The van der Waals surface area contributed by atoms with Crippen LogP contribution in [0.1, 0.15) is 25.0 Å². The quantitative estimate of drug-likeness (QED) is 0.330. The Bertz CT molecular complexity index is 1000. The Hall–Kier alpha value is -2.62. The third-order valence-electron chi connectivity index (χ3n) is 6.77. The normalized spacial score (nSPS) is 21.8. The zero-order chi connectivity index (χ0) is 25.7. The number of esters is 1. The molecule has 1 N–H and O–H groups in total. The van der Waals surface area contributed by atoms with Gasteiger partial charge in [-0.1, -0.05) is 12.1 Å². The summed E-state index contributed by atoms with van der Waals surface area (Å²) in [7, 11) is 0. The molecule has 1 saturated carbocycles. The van der Waals surface area contributed by atoms with E-state index in [1.807, 2.05) is 36.1 Å². The zero-order valence-corrected chi connectivity index (χ0v) is 20.6. The molecule has 1 unspecified atom stereocenters. The summed E-state index contributed by atoms with van der Waals surface area (Å²) in [5.74, 6) is -1.27. The lowest BCUT2D eigenvalue weighted by molar-refractivity contribution is -0.156. The molecule has 4 atom stereocenters. The molecule has 4 rings (SSSR count). The standard InChI is InChI=1S/C27H33F3N2O4/c1-3-34-25(27(33)35-4-2)11-17-5-7-19(8-6-17)36-10-9-31-26-20-14-32(15-21(20)26)16-22-23(29)12-18(28)13-24(22)30/h5-8,12-13,20-21,25-26,31H,3-4,9-11,14-16H2,1-2H3/t20-,21+,25-,26?/m0/s1. The number of fused-ring (bicyclic) bond motifs is 1. The van der Waals surface area contributed by atoms with E-state index in [9.17, 15) is 18.0 Å². The van der Waals surface area contributed by atoms with Crippen LogP contribution in [0.5, 0.6) is 5.75 Å². The lowest BCUT2D eigenvalue weighted by Gasteiger charge is -2.20. The largest absolute Gasteiger partial charge is 0.492 e. The summed E-state index contributed by atoms with van der Waals surface area (Å²) < 4.78 is 57.3. The molecule has 0 aromatic heterocycles. The molecule has 36 heavy (non-hydrogen) atoms. The number of benzene rings is 2. The van der Waals surface area contributed by atoms with E-state index >= 15 is 0 Å². The predicted molar refractivity (Wildman–Crippen MR) is 128 cm³/mol. The number of rotatable bonds is 13. The minimum Gasteiger partial charge on any atom is -0.492 e. The highest BCUT2D eigenvalue weighted by molar-refractivity contribution is 5.75. The summed E-state index contributed by atoms with van der Waals surface area (Å²) in [6.45, 7) is 7.24. The molecule has 0 bridgehead atoms. The first-order valence-electron chi connectivity index (χ1n) is 12.5. The average Bonchev–Trinajstić information content (AvgIpc) is 3.29. The summed E-state index contributed by atoms with van der Waals surface area (Å²) in [4.78, 5) is 14.0. The third-order valence-corrected chi connectivity index (χ3v) is 6.77. The van der Waals surface area contributed by atoms with Gasteiger partial charge in [0.15, 0.2) is 6.10 Å². The van der Waals surface area contributed by atoms with Crippen LogP contribution in [-0.4, -0.2) is 62.5 Å². The van der Waals surface area contributed by atoms with Crippen LogP contribution in [0.4, 0.5) is 13.2 Å². The number of likely N-dealkylation sites (tertiary alicyclic amines) is 1. The molecule has 2 aromatic rings. The van der Waals surface area contributed by atoms with Gasteiger partial charge in [-0.2, -0.15) is 0 Å². The monoisotopic (exact) mass is 506 g/mol. The second-order valence-corrected chi connectivity index (χ2v) is 9.24. The summed E-state index contributed by atoms with van der Waals surface area (Å²) in [6.07, 6.45) is -0.176. The first-order chi connectivity index (χ1) is 17.4. The van der Waals surface area contributed by atoms with E-state index in [0.717, 1.165) is 36.5 Å². The van der Waals surface area contributed by atoms with Crippen LogP contribution in [-0.2, 0) is 27.2 Å². The summed E-state index contributed by atoms with van der Waals surface area (Å²) in [5.41, 5.74) is 0.888. The van der Waals surface area contributed by atoms with Gasteiger partial charge in [-0.25, -0.2) is 18.0 Å². The van der Waals surface area contributed by atoms with Crippen LogP contribution < -0.4 is 10.1 Å². The van der Waals surface area contributed by atoms with Crippen molar-refractivity contribution < 1.29 is 32.2 Å². The van der Waals surface area contributed by atoms with Gasteiger partial charge in [0.05, 0.1) is 6.61 Å². The van der Waals surface area contributed by atoms with Gasteiger partial charge < -0.3 is 19.5 Å². The Morgan fingerprint density at radius 2 is 1.72 bits per heavy atom. The number of nitrogens with zero attached hydrogens (tertiary/aromatic N) is 1. The van der Waals surface area contributed by atoms with Gasteiger partial charge in [0.2, 0.25) is 0 Å². The van der Waals surface area contributed by atoms with E-state index in [0.29, 0.717) is 50.7 Å². The first kappa shape index (κ1) is 26.4. The molecule has 0 radical (unpaired) electrons. The lowest BCUT2D eigenvalue weighted by Crippen LogP contribution is -2.33. The third kappa shape index (κ3) is 6.57. The van der Waals surface area contributed by atoms with Crippen molar-refractivity contribution in [2.24, 2.45) is 11.8 Å². The SMILES string of the molecule is CCOC(=O)[C@H](Cc1ccc(OCCNC2[C@H]3CN(Cc4c(F)cc(F)cc4F)C[C@@H]23)cc1)OCC. The Kier molecular flexibility index (Phi) is 8.87. The highest BCUT2D eigenvalue weighted by Gasteiger charge is 2.55. The Labute approximate surface area is 209 Å². The summed E-state index contributed by atoms with van der Waals surface area (Å²) >= 11 is 0. The minimum atomic E-state index is -0.898. The molecule has 196 valence electrons. The fourth-order valence-electron chi connectivity index (χ4n) is 4.97. The fraction of sp³-hybridized carbons (Fsp3) is 0.519. The number of halogens is 3. The summed E-state index contributed by atoms with van der Waals surface area (Å²) in [5, 5.41) is 3.50. The number of hydrogen-bond donors (Lipinski definition) is 1. The van der Waals surface area contributed by atoms with Crippen molar-refractivity contribution in [3.8, 4) is 5.75 Å². The maximum atomic E-state index is 13.9. The van der Waals surface area contributed by atoms with Crippen molar-refractivity contribution >= 4 is 5.97 Å². The van der Waals surface area contributed by atoms with Crippen LogP contribution >= 0.6 is 0 Å². The number of nitrogens with one attached hydrogen (secondary N) is 1. The van der Waals surface area contributed by atoms with Crippen molar-refractivity contribution in [1.29, 1.82) is 0 Å². The Balaban J connectivity index is 1.14. The van der Waals surface area contributed by atoms with Crippen LogP contribution in [0.15, 0.2) is 36.4 Å². The second-order valence-electron chi connectivity index (χ2n) is 9.24. The van der Waals surface area contributed by atoms with E-state index in [1.54, 1.807) is 6.92 Å². The van der Waals surface area contributed by atoms with Crippen LogP contribution in [0.2, 0.25) is 0 Å². The number of carbonyl (C=O) groups is 1. The molecule has 2 aliphatic rings. The fourth-order valence-corrected chi connectivity index (χ4v) is 4.97. The van der Waals surface area contributed by atoms with Gasteiger partial charge in [0.1, 0.15) is 29.8 Å². The number of hydrogen-bond acceptors (Lipinski definition) is 6. The topological polar surface area (TPSA) is 60.0 Å². The smallest absolute Gasteiger partial charge is 0.335 e. The van der Waals surface area contributed by atoms with Gasteiger partial charge in [0.25, 0.3) is 0 Å². The second kappa shape index (κ2) is 12.1. The van der Waals surface area contributed by atoms with Gasteiger partial charge in [-0.3, -0.25) is 4.90 Å². The van der Waals surface area contributed by atoms with Crippen molar-refractivity contribution in [3.63, 3.8) is 0 Å². The predicted octanol–water partition coefficient (Wildman–Crippen LogP) is 3.71. The van der Waals surface area contributed by atoms with Crippen molar-refractivity contribution in [2.75, 3.05) is 39.5 Å². The van der Waals surface area contributed by atoms with Crippen molar-refractivity contribution in [1.82, 2.24) is 10.2 Å². The first-order valence-corrected chi connectivity index (χ1v) is 12.5.